The van der Waals surface area contributed by atoms with E-state index in [1.54, 1.807) is 18.2 Å². The van der Waals surface area contributed by atoms with Crippen LogP contribution in [0.3, 0.4) is 0 Å². The Morgan fingerprint density at radius 1 is 1.30 bits per heavy atom. The predicted octanol–water partition coefficient (Wildman–Crippen LogP) is 4.49. The van der Waals surface area contributed by atoms with Crippen LogP contribution in [0.15, 0.2) is 46.9 Å². The quantitative estimate of drug-likeness (QED) is 0.490. The average molecular weight is 388 g/mol. The maximum absolute atomic E-state index is 10.7. The third-order valence-corrected chi connectivity index (χ3v) is 3.80. The minimum absolute atomic E-state index is 0.0309. The molecule has 138 valence electrons. The number of phenols is 1. The molecule has 0 atom stereocenters. The summed E-state index contributed by atoms with van der Waals surface area (Å²) in [4.78, 5) is 10.2. The van der Waals surface area contributed by atoms with Gasteiger partial charge >= 0.3 is 0 Å². The van der Waals surface area contributed by atoms with E-state index >= 15 is 0 Å². The monoisotopic (exact) mass is 387 g/mol. The molecule has 0 unspecified atom stereocenters. The normalized spacial score (nSPS) is 11.4. The minimum atomic E-state index is -0.489. The van der Waals surface area contributed by atoms with Crippen LogP contribution in [0.4, 0.5) is 5.69 Å². The molecule has 0 aliphatic carbocycles. The van der Waals surface area contributed by atoms with Crippen molar-refractivity contribution < 1.29 is 19.2 Å². The molecule has 27 heavy (non-hydrogen) atoms. The fourth-order valence-electron chi connectivity index (χ4n) is 2.26. The Morgan fingerprint density at radius 3 is 2.70 bits per heavy atom. The fraction of sp³-hybridized carbons (Fsp3) is 0.111. The average Bonchev–Trinajstić information content (AvgIpc) is 3.15. The molecular weight excluding hydrogens is 374 g/mol. The molecule has 1 aromatic heterocycles. The highest BCUT2D eigenvalue weighted by atomic mass is 35.5. The zero-order valence-electron chi connectivity index (χ0n) is 14.1. The van der Waals surface area contributed by atoms with Crippen LogP contribution < -0.4 is 4.74 Å². The first-order chi connectivity index (χ1) is 13.0. The van der Waals surface area contributed by atoms with Crippen molar-refractivity contribution in [3.8, 4) is 23.0 Å². The van der Waals surface area contributed by atoms with Crippen molar-refractivity contribution >= 4 is 28.4 Å². The Kier molecular flexibility index (Phi) is 5.37. The van der Waals surface area contributed by atoms with Gasteiger partial charge in [-0.15, -0.1) is 10.2 Å². The molecule has 0 radical (unpaired) electrons. The van der Waals surface area contributed by atoms with Crippen LogP contribution in [0.5, 0.6) is 11.5 Å². The van der Waals surface area contributed by atoms with Crippen molar-refractivity contribution in [1.82, 2.24) is 10.2 Å². The predicted molar refractivity (Wildman–Crippen MR) is 99.4 cm³/mol. The summed E-state index contributed by atoms with van der Waals surface area (Å²) in [7, 11) is 0. The Hall–Kier alpha value is -3.39. The topological polar surface area (TPSA) is 112 Å². The van der Waals surface area contributed by atoms with E-state index in [2.05, 4.69) is 10.2 Å². The Morgan fingerprint density at radius 2 is 2.04 bits per heavy atom. The van der Waals surface area contributed by atoms with E-state index in [0.717, 1.165) is 0 Å². The van der Waals surface area contributed by atoms with E-state index < -0.39 is 4.92 Å². The number of benzene rings is 2. The minimum Gasteiger partial charge on any atom is -0.504 e. The number of hydrogen-bond donors (Lipinski definition) is 1. The van der Waals surface area contributed by atoms with E-state index in [4.69, 9.17) is 20.8 Å². The lowest BCUT2D eigenvalue weighted by Crippen LogP contribution is -1.92. The third-order valence-electron chi connectivity index (χ3n) is 3.53. The highest BCUT2D eigenvalue weighted by molar-refractivity contribution is 6.50. The lowest BCUT2D eigenvalue weighted by Gasteiger charge is -2.06. The molecule has 1 heterocycles. The smallest absolute Gasteiger partial charge is 0.269 e. The number of nitro groups is 1. The van der Waals surface area contributed by atoms with Crippen LogP contribution in [0.25, 0.3) is 22.6 Å². The molecule has 0 fully saturated rings. The molecule has 0 aliphatic heterocycles. The Bertz CT molecular complexity index is 998. The molecule has 0 saturated carbocycles. The van der Waals surface area contributed by atoms with Gasteiger partial charge in [-0.1, -0.05) is 17.7 Å². The van der Waals surface area contributed by atoms with E-state index in [9.17, 15) is 15.2 Å². The van der Waals surface area contributed by atoms with Crippen LogP contribution in [0, 0.1) is 10.1 Å². The molecule has 0 spiro atoms. The molecule has 3 rings (SSSR count). The van der Waals surface area contributed by atoms with Gasteiger partial charge in [0, 0.05) is 17.7 Å². The van der Waals surface area contributed by atoms with E-state index in [1.165, 1.54) is 30.3 Å². The van der Waals surface area contributed by atoms with Gasteiger partial charge in [-0.05, 0) is 42.8 Å². The second kappa shape index (κ2) is 7.88. The number of hydrogen-bond acceptors (Lipinski definition) is 7. The highest BCUT2D eigenvalue weighted by Crippen LogP contribution is 2.30. The van der Waals surface area contributed by atoms with Gasteiger partial charge < -0.3 is 14.3 Å². The van der Waals surface area contributed by atoms with Crippen LogP contribution in [-0.4, -0.2) is 26.8 Å². The molecule has 3 aromatic rings. The van der Waals surface area contributed by atoms with Crippen molar-refractivity contribution in [2.24, 2.45) is 0 Å². The van der Waals surface area contributed by atoms with Gasteiger partial charge in [0.05, 0.1) is 11.5 Å². The van der Waals surface area contributed by atoms with Gasteiger partial charge in [0.25, 0.3) is 11.6 Å². The number of nitro benzene ring substituents is 1. The van der Waals surface area contributed by atoms with Crippen LogP contribution in [0.2, 0.25) is 0 Å². The van der Waals surface area contributed by atoms with Gasteiger partial charge in [0.15, 0.2) is 11.5 Å². The summed E-state index contributed by atoms with van der Waals surface area (Å²) in [5.74, 6) is 0.652. The molecule has 1 N–H and O–H groups in total. The van der Waals surface area contributed by atoms with E-state index in [1.807, 2.05) is 6.92 Å². The summed E-state index contributed by atoms with van der Waals surface area (Å²) in [5, 5.41) is 28.4. The number of nitrogens with zero attached hydrogens (tertiary/aromatic N) is 3. The molecule has 0 saturated heterocycles. The zero-order valence-corrected chi connectivity index (χ0v) is 14.9. The van der Waals surface area contributed by atoms with Gasteiger partial charge in [-0.25, -0.2) is 0 Å². The lowest BCUT2D eigenvalue weighted by atomic mass is 10.2. The lowest BCUT2D eigenvalue weighted by molar-refractivity contribution is -0.384. The van der Waals surface area contributed by atoms with Crippen molar-refractivity contribution in [3.05, 3.63) is 64.0 Å². The van der Waals surface area contributed by atoms with Crippen LogP contribution in [0.1, 0.15) is 18.4 Å². The number of phenolic OH excluding ortho intramolecular Hbond substituents is 1. The number of aromatic hydroxyl groups is 1. The van der Waals surface area contributed by atoms with Crippen molar-refractivity contribution in [2.75, 3.05) is 6.61 Å². The summed E-state index contributed by atoms with van der Waals surface area (Å²) in [5.41, 5.74) is 1.18. The summed E-state index contributed by atoms with van der Waals surface area (Å²) in [6, 6.07) is 10.5. The zero-order chi connectivity index (χ0) is 19.4. The molecule has 0 aliphatic rings. The molecule has 0 amide bonds. The second-order valence-electron chi connectivity index (χ2n) is 5.37. The first kappa shape index (κ1) is 18.4. The SMILES string of the molecule is CCOc1cc(/C=C(\Cl)c2nnc(-c3ccc([N+](=O)[O-])cc3)o2)ccc1O. The number of non-ortho nitro benzene ring substituents is 1. The summed E-state index contributed by atoms with van der Waals surface area (Å²) in [6.45, 7) is 2.23. The summed E-state index contributed by atoms with van der Waals surface area (Å²) < 4.78 is 10.9. The fourth-order valence-corrected chi connectivity index (χ4v) is 2.46. The molecule has 9 heteroatoms. The van der Waals surface area contributed by atoms with Gasteiger partial charge in [0.1, 0.15) is 5.03 Å². The largest absolute Gasteiger partial charge is 0.504 e. The maximum Gasteiger partial charge on any atom is 0.269 e. The number of ether oxygens (including phenoxy) is 1. The number of halogens is 1. The third kappa shape index (κ3) is 4.24. The maximum atomic E-state index is 10.7. The van der Waals surface area contributed by atoms with Gasteiger partial charge in [-0.3, -0.25) is 10.1 Å². The Balaban J connectivity index is 1.84. The van der Waals surface area contributed by atoms with Crippen molar-refractivity contribution in [1.29, 1.82) is 0 Å². The van der Waals surface area contributed by atoms with E-state index in [0.29, 0.717) is 23.5 Å². The van der Waals surface area contributed by atoms with Crippen LogP contribution >= 0.6 is 11.6 Å². The highest BCUT2D eigenvalue weighted by Gasteiger charge is 2.13. The molecule has 2 aromatic carbocycles. The van der Waals surface area contributed by atoms with E-state index in [-0.39, 0.29) is 28.3 Å². The van der Waals surface area contributed by atoms with Gasteiger partial charge in [0.2, 0.25) is 5.89 Å². The van der Waals surface area contributed by atoms with Crippen molar-refractivity contribution in [3.63, 3.8) is 0 Å². The molecular formula is C18H14ClN3O5. The van der Waals surface area contributed by atoms with Crippen LogP contribution in [-0.2, 0) is 0 Å². The standard InChI is InChI=1S/C18H14ClN3O5/c1-2-26-16-10-11(3-8-15(16)23)9-14(19)18-21-20-17(27-18)12-4-6-13(7-5-12)22(24)25/h3-10,23H,2H2,1H3/b14-9-. The first-order valence-corrected chi connectivity index (χ1v) is 8.27. The molecule has 0 bridgehead atoms. The number of aromatic nitrogens is 2. The molecule has 8 nitrogen and oxygen atoms in total. The van der Waals surface area contributed by atoms with Gasteiger partial charge in [-0.2, -0.15) is 0 Å². The first-order valence-electron chi connectivity index (χ1n) is 7.89. The number of rotatable bonds is 6. The summed E-state index contributed by atoms with van der Waals surface area (Å²) in [6.07, 6.45) is 1.59. The summed E-state index contributed by atoms with van der Waals surface area (Å²) >= 11 is 6.25. The van der Waals surface area contributed by atoms with Crippen molar-refractivity contribution in [2.45, 2.75) is 6.92 Å². The second-order valence-corrected chi connectivity index (χ2v) is 5.78. The Labute approximate surface area is 158 Å².